The topological polar surface area (TPSA) is 326 Å². The number of carboxylic acid groups (broad SMARTS) is 1. The molecule has 0 aliphatic carbocycles. The highest BCUT2D eigenvalue weighted by Gasteiger charge is 2.35. The van der Waals surface area contributed by atoms with Crippen LogP contribution in [0.5, 0.6) is 0 Å². The minimum atomic E-state index is -1.64. The highest BCUT2D eigenvalue weighted by atomic mass is 32.1. The Hall–Kier alpha value is -3.74. The van der Waals surface area contributed by atoms with Crippen LogP contribution in [0.3, 0.4) is 0 Å². The summed E-state index contributed by atoms with van der Waals surface area (Å²) in [5, 5.41) is 45.3. The summed E-state index contributed by atoms with van der Waals surface area (Å²) in [5.41, 5.74) is 5.38. The molecule has 0 heterocycles. The Morgan fingerprint density at radius 1 is 0.636 bits per heavy atom. The van der Waals surface area contributed by atoms with E-state index in [9.17, 15) is 48.6 Å². The molecule has 0 aromatic heterocycles. The highest BCUT2D eigenvalue weighted by molar-refractivity contribution is 7.80. The maximum Gasteiger partial charge on any atom is 0.322 e. The van der Waals surface area contributed by atoms with E-state index in [4.69, 9.17) is 20.3 Å². The van der Waals surface area contributed by atoms with Crippen molar-refractivity contribution in [3.8, 4) is 0 Å². The molecular formula is C32H58N8O13S2. The number of carbonyl (C=O) groups is 8. The van der Waals surface area contributed by atoms with Crippen LogP contribution in [0, 0.1) is 5.92 Å². The molecule has 0 spiro atoms. The van der Waals surface area contributed by atoms with Gasteiger partial charge in [0.1, 0.15) is 36.8 Å². The van der Waals surface area contributed by atoms with Gasteiger partial charge in [-0.05, 0) is 32.2 Å². The number of ether oxygens (including phenoxy) is 2. The van der Waals surface area contributed by atoms with Crippen LogP contribution in [0.25, 0.3) is 0 Å². The Bertz CT molecular complexity index is 1250. The van der Waals surface area contributed by atoms with Crippen molar-refractivity contribution in [2.24, 2.45) is 11.7 Å². The van der Waals surface area contributed by atoms with E-state index >= 15 is 0 Å². The molecule has 55 heavy (non-hydrogen) atoms. The Morgan fingerprint density at radius 3 is 1.67 bits per heavy atom. The maximum atomic E-state index is 13.2. The first-order chi connectivity index (χ1) is 26.0. The minimum absolute atomic E-state index is 0.168. The predicted octanol–water partition coefficient (Wildman–Crippen LogP) is -4.83. The molecule has 0 saturated heterocycles. The van der Waals surface area contributed by atoms with Gasteiger partial charge in [-0.25, -0.2) is 0 Å². The number of rotatable bonds is 30. The fourth-order valence-electron chi connectivity index (χ4n) is 4.33. The fraction of sp³-hybridized carbons (Fsp3) is 0.750. The second-order valence-corrected chi connectivity index (χ2v) is 13.2. The van der Waals surface area contributed by atoms with Crippen LogP contribution in [-0.4, -0.2) is 163 Å². The molecule has 0 saturated carbocycles. The lowest BCUT2D eigenvalue weighted by molar-refractivity contribution is -0.139. The summed E-state index contributed by atoms with van der Waals surface area (Å²) in [6.07, 6.45) is -0.617. The van der Waals surface area contributed by atoms with E-state index in [1.54, 1.807) is 13.8 Å². The van der Waals surface area contributed by atoms with Gasteiger partial charge in [0, 0.05) is 44.1 Å². The van der Waals surface area contributed by atoms with E-state index in [-0.39, 0.29) is 24.3 Å². The lowest BCUT2D eigenvalue weighted by atomic mass is 10.0. The lowest BCUT2D eigenvalue weighted by Gasteiger charge is -2.28. The first kappa shape index (κ1) is 51.3. The number of carbonyl (C=O) groups excluding carboxylic acids is 7. The standard InChI is InChI=1S/C32H58N8O13S2/c1-18(2)26(31(50)40-27(19(3)42)32(51)38-21(16-54)28(47)35-14-25(45)46)39-29(48)20(15-41)37-30(49)22(17-55)36-24(44)7-6-23(43)34-9-5-11-53-13-12-52-10-4-8-33/h18-22,26-27,41-42,54-55H,4-17,33H2,1-3H3,(H,34,43)(H,35,47)(H,36,44)(H,37,49)(H,38,51)(H,39,48)(H,40,50)(H,45,46)/t19-,20+,21+,22+,26+,27+/m1/s1. The molecule has 12 N–H and O–H groups in total. The number of aliphatic carboxylic acids is 1. The molecule has 21 nitrogen and oxygen atoms in total. The first-order valence-electron chi connectivity index (χ1n) is 17.7. The monoisotopic (exact) mass is 826 g/mol. The number of hydrogen-bond donors (Lipinski definition) is 13. The molecule has 23 heteroatoms. The van der Waals surface area contributed by atoms with Crippen molar-refractivity contribution in [2.75, 3.05) is 64.2 Å². The summed E-state index contributed by atoms with van der Waals surface area (Å²) in [6, 6.07) is -7.19. The van der Waals surface area contributed by atoms with Crippen molar-refractivity contribution < 1.29 is 63.1 Å². The molecule has 0 unspecified atom stereocenters. The summed E-state index contributed by atoms with van der Waals surface area (Å²) in [6.45, 7) is 5.32. The summed E-state index contributed by atoms with van der Waals surface area (Å²) < 4.78 is 10.7. The zero-order chi connectivity index (χ0) is 41.9. The van der Waals surface area contributed by atoms with Gasteiger partial charge in [-0.3, -0.25) is 38.4 Å². The number of nitrogens with two attached hydrogens (primary N) is 1. The number of thiol groups is 2. The molecule has 316 valence electrons. The van der Waals surface area contributed by atoms with Gasteiger partial charge in [0.25, 0.3) is 0 Å². The van der Waals surface area contributed by atoms with Crippen molar-refractivity contribution in [2.45, 2.75) is 82.8 Å². The number of aliphatic hydroxyl groups is 2. The average molecular weight is 827 g/mol. The number of carboxylic acids is 1. The zero-order valence-electron chi connectivity index (χ0n) is 31.3. The summed E-state index contributed by atoms with van der Waals surface area (Å²) in [5.74, 6) is -8.20. The van der Waals surface area contributed by atoms with Crippen molar-refractivity contribution in [3.63, 3.8) is 0 Å². The largest absolute Gasteiger partial charge is 0.480 e. The molecule has 0 aliphatic rings. The highest BCUT2D eigenvalue weighted by Crippen LogP contribution is 2.06. The van der Waals surface area contributed by atoms with Crippen LogP contribution in [0.2, 0.25) is 0 Å². The quantitative estimate of drug-likeness (QED) is 0.0239. The number of hydrogen-bond acceptors (Lipinski definition) is 15. The van der Waals surface area contributed by atoms with Gasteiger partial charge in [0.2, 0.25) is 41.4 Å². The molecule has 0 bridgehead atoms. The minimum Gasteiger partial charge on any atom is -0.480 e. The Labute approximate surface area is 330 Å². The van der Waals surface area contributed by atoms with Gasteiger partial charge >= 0.3 is 5.97 Å². The third-order valence-corrected chi connectivity index (χ3v) is 8.15. The number of amides is 7. The molecule has 0 rings (SSSR count). The van der Waals surface area contributed by atoms with E-state index in [1.165, 1.54) is 6.92 Å². The van der Waals surface area contributed by atoms with Gasteiger partial charge in [-0.2, -0.15) is 25.3 Å². The molecule has 6 atom stereocenters. The Kier molecular flexibility index (Phi) is 27.5. The second-order valence-electron chi connectivity index (χ2n) is 12.4. The lowest BCUT2D eigenvalue weighted by Crippen LogP contribution is -2.62. The van der Waals surface area contributed by atoms with Crippen LogP contribution >= 0.6 is 25.3 Å². The SMILES string of the molecule is CC(C)[C@H](NC(=O)[C@H](CO)NC(=O)[C@H](CS)NC(=O)CCC(=O)NCCCOCCOCCCN)C(=O)N[C@H](C(=O)N[C@@H](CS)C(=O)NCC(=O)O)[C@@H](C)O. The van der Waals surface area contributed by atoms with Crippen molar-refractivity contribution in [1.29, 1.82) is 0 Å². The van der Waals surface area contributed by atoms with E-state index in [1.807, 2.05) is 0 Å². The smallest absolute Gasteiger partial charge is 0.322 e. The van der Waals surface area contributed by atoms with Crippen molar-refractivity contribution >= 4 is 72.6 Å². The Balaban J connectivity index is 5.10. The van der Waals surface area contributed by atoms with Gasteiger partial charge in [0.15, 0.2) is 0 Å². The average Bonchev–Trinajstić information content (AvgIpc) is 3.14. The molecular weight excluding hydrogens is 769 g/mol. The number of nitrogens with one attached hydrogen (secondary N) is 7. The van der Waals surface area contributed by atoms with Gasteiger partial charge in [0.05, 0.1) is 25.9 Å². The molecule has 0 aromatic rings. The molecule has 0 aliphatic heterocycles. The van der Waals surface area contributed by atoms with E-state index in [2.05, 4.69) is 62.5 Å². The third kappa shape index (κ3) is 22.4. The van der Waals surface area contributed by atoms with Gasteiger partial charge in [-0.15, -0.1) is 0 Å². The Morgan fingerprint density at radius 2 is 1.15 bits per heavy atom. The molecule has 7 amide bonds. The fourth-order valence-corrected chi connectivity index (χ4v) is 4.84. The van der Waals surface area contributed by atoms with Crippen LogP contribution in [0.15, 0.2) is 0 Å². The first-order valence-corrected chi connectivity index (χ1v) is 18.9. The van der Waals surface area contributed by atoms with Crippen LogP contribution < -0.4 is 43.0 Å². The van der Waals surface area contributed by atoms with E-state index in [0.717, 1.165) is 6.42 Å². The molecule has 0 fully saturated rings. The predicted molar refractivity (Wildman–Crippen MR) is 204 cm³/mol. The third-order valence-electron chi connectivity index (χ3n) is 7.42. The maximum absolute atomic E-state index is 13.2. The van der Waals surface area contributed by atoms with Gasteiger partial charge < -0.3 is 67.7 Å². The van der Waals surface area contributed by atoms with E-state index < -0.39 is 103 Å². The summed E-state index contributed by atoms with van der Waals surface area (Å²) in [7, 11) is 0. The summed E-state index contributed by atoms with van der Waals surface area (Å²) in [4.78, 5) is 99.8. The van der Waals surface area contributed by atoms with Crippen molar-refractivity contribution in [1.82, 2.24) is 37.2 Å². The van der Waals surface area contributed by atoms with E-state index in [0.29, 0.717) is 45.9 Å². The van der Waals surface area contributed by atoms with Gasteiger partial charge in [-0.1, -0.05) is 13.8 Å². The van der Waals surface area contributed by atoms with Crippen LogP contribution in [0.1, 0.15) is 46.5 Å². The molecule has 0 radical (unpaired) electrons. The normalized spacial score (nSPS) is 14.3. The van der Waals surface area contributed by atoms with Crippen LogP contribution in [0.4, 0.5) is 0 Å². The second kappa shape index (κ2) is 29.5. The zero-order valence-corrected chi connectivity index (χ0v) is 33.1. The van der Waals surface area contributed by atoms with Crippen molar-refractivity contribution in [3.05, 3.63) is 0 Å². The van der Waals surface area contributed by atoms with Crippen LogP contribution in [-0.2, 0) is 47.8 Å². The number of aliphatic hydroxyl groups excluding tert-OH is 2. The molecule has 0 aromatic carbocycles. The summed E-state index contributed by atoms with van der Waals surface area (Å²) >= 11 is 8.05.